The summed E-state index contributed by atoms with van der Waals surface area (Å²) in [4.78, 5) is 5.00. The number of fused-ring (bicyclic) bond motifs is 7. The van der Waals surface area contributed by atoms with E-state index in [1.165, 1.54) is 94.6 Å². The van der Waals surface area contributed by atoms with Gasteiger partial charge in [-0.15, -0.1) is 0 Å². The molecule has 0 aliphatic carbocycles. The standard InChI is InChI=1S/C46H36BN3/c1-29-13-18-33(19-14-29)48-42-24-17-31(3)25-39(42)47-38-23-22-35(50-40-11-7-5-9-36(40)37-10-6-8-12-41(37)50)28-43(38)49(34-20-15-30(2)16-21-34)45-27-32(4)26-44(48)46(45)47/h5-28H,1-4H3. The number of nitrogens with zero attached hydrogens (tertiary/aromatic N) is 3. The van der Waals surface area contributed by atoms with Crippen molar-refractivity contribution in [3.8, 4) is 5.69 Å². The first-order valence-electron chi connectivity index (χ1n) is 17.6. The molecule has 2 aliphatic rings. The van der Waals surface area contributed by atoms with Crippen molar-refractivity contribution in [2.75, 3.05) is 9.80 Å². The van der Waals surface area contributed by atoms with Gasteiger partial charge in [-0.05, 0) is 116 Å². The molecule has 10 rings (SSSR count). The first kappa shape index (κ1) is 29.0. The van der Waals surface area contributed by atoms with E-state index in [4.69, 9.17) is 0 Å². The monoisotopic (exact) mass is 641 g/mol. The molecule has 8 aromatic rings. The number of aromatic nitrogens is 1. The van der Waals surface area contributed by atoms with Crippen molar-refractivity contribution in [2.45, 2.75) is 27.7 Å². The molecule has 0 unspecified atom stereocenters. The molecule has 0 bridgehead atoms. The lowest BCUT2D eigenvalue weighted by Crippen LogP contribution is -2.61. The maximum Gasteiger partial charge on any atom is 0.252 e. The quantitative estimate of drug-likeness (QED) is 0.178. The van der Waals surface area contributed by atoms with Gasteiger partial charge in [0.1, 0.15) is 0 Å². The number of hydrogen-bond donors (Lipinski definition) is 0. The van der Waals surface area contributed by atoms with Crippen LogP contribution in [0.4, 0.5) is 34.1 Å². The predicted molar refractivity (Wildman–Crippen MR) is 214 cm³/mol. The minimum atomic E-state index is 0.0843. The average molecular weight is 642 g/mol. The zero-order valence-electron chi connectivity index (χ0n) is 28.8. The Bertz CT molecular complexity index is 2600. The molecule has 0 radical (unpaired) electrons. The molecular weight excluding hydrogens is 605 g/mol. The Hall–Kier alpha value is -6.00. The fourth-order valence-corrected chi connectivity index (χ4v) is 8.53. The van der Waals surface area contributed by atoms with Gasteiger partial charge in [0.25, 0.3) is 6.71 Å². The minimum Gasteiger partial charge on any atom is -0.311 e. The molecule has 0 amide bonds. The van der Waals surface area contributed by atoms with Crippen molar-refractivity contribution in [2.24, 2.45) is 0 Å². The van der Waals surface area contributed by atoms with Crippen molar-refractivity contribution in [1.29, 1.82) is 0 Å². The summed E-state index contributed by atoms with van der Waals surface area (Å²) in [5, 5.41) is 2.55. The Morgan fingerprint density at radius 2 is 0.900 bits per heavy atom. The number of aryl methyl sites for hydroxylation is 4. The van der Waals surface area contributed by atoms with Gasteiger partial charge in [-0.2, -0.15) is 0 Å². The zero-order valence-corrected chi connectivity index (χ0v) is 28.8. The fourth-order valence-electron chi connectivity index (χ4n) is 8.53. The Balaban J connectivity index is 1.30. The van der Waals surface area contributed by atoms with Gasteiger partial charge in [0.05, 0.1) is 11.0 Å². The zero-order chi connectivity index (χ0) is 33.7. The van der Waals surface area contributed by atoms with Gasteiger partial charge in [0.2, 0.25) is 0 Å². The number of para-hydroxylation sites is 2. The van der Waals surface area contributed by atoms with Gasteiger partial charge in [-0.3, -0.25) is 0 Å². The summed E-state index contributed by atoms with van der Waals surface area (Å²) in [5.41, 5.74) is 20.0. The van der Waals surface area contributed by atoms with Gasteiger partial charge in [-0.1, -0.05) is 95.6 Å². The summed E-state index contributed by atoms with van der Waals surface area (Å²) in [6.07, 6.45) is 0. The topological polar surface area (TPSA) is 11.4 Å². The Kier molecular flexibility index (Phi) is 6.23. The van der Waals surface area contributed by atoms with E-state index in [1.54, 1.807) is 0 Å². The van der Waals surface area contributed by atoms with Crippen LogP contribution in [0.2, 0.25) is 0 Å². The molecule has 1 aromatic heterocycles. The molecular formula is C46H36BN3. The molecule has 0 atom stereocenters. The van der Waals surface area contributed by atoms with Crippen molar-refractivity contribution in [3.63, 3.8) is 0 Å². The van der Waals surface area contributed by atoms with Crippen molar-refractivity contribution in [1.82, 2.24) is 4.57 Å². The van der Waals surface area contributed by atoms with Crippen LogP contribution >= 0.6 is 0 Å². The highest BCUT2D eigenvalue weighted by molar-refractivity contribution is 7.00. The summed E-state index contributed by atoms with van der Waals surface area (Å²) in [5.74, 6) is 0. The molecule has 0 saturated carbocycles. The summed E-state index contributed by atoms with van der Waals surface area (Å²) < 4.78 is 2.44. The van der Waals surface area contributed by atoms with E-state index in [0.29, 0.717) is 0 Å². The van der Waals surface area contributed by atoms with Gasteiger partial charge in [0, 0.05) is 50.6 Å². The largest absolute Gasteiger partial charge is 0.311 e. The third kappa shape index (κ3) is 4.18. The van der Waals surface area contributed by atoms with Crippen molar-refractivity contribution < 1.29 is 0 Å². The maximum absolute atomic E-state index is 2.52. The van der Waals surface area contributed by atoms with Gasteiger partial charge in [-0.25, -0.2) is 0 Å². The van der Waals surface area contributed by atoms with Gasteiger partial charge >= 0.3 is 0 Å². The van der Waals surface area contributed by atoms with Crippen molar-refractivity contribution in [3.05, 3.63) is 168 Å². The Morgan fingerprint density at radius 3 is 1.50 bits per heavy atom. The highest BCUT2D eigenvalue weighted by Crippen LogP contribution is 2.45. The number of hydrogen-bond acceptors (Lipinski definition) is 2. The highest BCUT2D eigenvalue weighted by Gasteiger charge is 2.43. The third-order valence-corrected chi connectivity index (χ3v) is 10.8. The summed E-state index contributed by atoms with van der Waals surface area (Å²) >= 11 is 0. The Morgan fingerprint density at radius 1 is 0.380 bits per heavy atom. The highest BCUT2D eigenvalue weighted by atomic mass is 15.2. The van der Waals surface area contributed by atoms with Crippen LogP contribution in [0.5, 0.6) is 0 Å². The molecule has 0 fully saturated rings. The molecule has 4 heteroatoms. The normalized spacial score (nSPS) is 13.1. The number of anilines is 6. The van der Waals surface area contributed by atoms with E-state index in [-0.39, 0.29) is 6.71 Å². The SMILES string of the molecule is Cc1ccc(N2c3ccc(C)cc3B3c4ccc(-n5c6ccccc6c6ccccc65)cc4N(c4ccc(C)cc4)c4cc(C)cc2c43)cc1. The van der Waals surface area contributed by atoms with E-state index >= 15 is 0 Å². The third-order valence-electron chi connectivity index (χ3n) is 10.8. The molecule has 0 spiro atoms. The molecule has 3 nitrogen and oxygen atoms in total. The van der Waals surface area contributed by atoms with E-state index < -0.39 is 0 Å². The second-order valence-corrected chi connectivity index (χ2v) is 14.2. The van der Waals surface area contributed by atoms with Crippen LogP contribution in [0.1, 0.15) is 22.3 Å². The first-order valence-corrected chi connectivity index (χ1v) is 17.6. The molecule has 2 aliphatic heterocycles. The predicted octanol–water partition coefficient (Wildman–Crippen LogP) is 10.1. The van der Waals surface area contributed by atoms with Crippen LogP contribution in [-0.4, -0.2) is 11.3 Å². The van der Waals surface area contributed by atoms with E-state index in [2.05, 4.69) is 188 Å². The maximum atomic E-state index is 2.52. The lowest BCUT2D eigenvalue weighted by molar-refractivity contribution is 1.17. The molecule has 238 valence electrons. The average Bonchev–Trinajstić information content (AvgIpc) is 3.47. The van der Waals surface area contributed by atoms with Gasteiger partial charge < -0.3 is 14.4 Å². The summed E-state index contributed by atoms with van der Waals surface area (Å²) in [7, 11) is 0. The molecule has 7 aromatic carbocycles. The molecule has 3 heterocycles. The van der Waals surface area contributed by atoms with Crippen LogP contribution in [-0.2, 0) is 0 Å². The minimum absolute atomic E-state index is 0.0843. The second-order valence-electron chi connectivity index (χ2n) is 14.2. The second kappa shape index (κ2) is 10.8. The van der Waals surface area contributed by atoms with Crippen LogP contribution in [0, 0.1) is 27.7 Å². The van der Waals surface area contributed by atoms with Gasteiger partial charge in [0.15, 0.2) is 0 Å². The first-order chi connectivity index (χ1) is 24.4. The van der Waals surface area contributed by atoms with Crippen molar-refractivity contribution >= 4 is 79.0 Å². The van der Waals surface area contributed by atoms with E-state index in [9.17, 15) is 0 Å². The summed E-state index contributed by atoms with van der Waals surface area (Å²) in [6.45, 7) is 8.86. The van der Waals surface area contributed by atoms with Crippen LogP contribution in [0.15, 0.2) is 146 Å². The number of benzene rings is 7. The fraction of sp³-hybridized carbons (Fsp3) is 0.0870. The van der Waals surface area contributed by atoms with E-state index in [0.717, 1.165) is 5.69 Å². The molecule has 0 N–H and O–H groups in total. The molecule has 0 saturated heterocycles. The summed E-state index contributed by atoms with van der Waals surface area (Å²) in [6, 6.07) is 54.5. The van der Waals surface area contributed by atoms with Crippen LogP contribution in [0.3, 0.4) is 0 Å². The van der Waals surface area contributed by atoms with Crippen LogP contribution in [0.25, 0.3) is 27.5 Å². The molecule has 50 heavy (non-hydrogen) atoms. The van der Waals surface area contributed by atoms with Crippen LogP contribution < -0.4 is 26.2 Å². The number of rotatable bonds is 3. The smallest absolute Gasteiger partial charge is 0.252 e. The Labute approximate surface area is 293 Å². The van der Waals surface area contributed by atoms with E-state index in [1.807, 2.05) is 0 Å². The lowest BCUT2D eigenvalue weighted by Gasteiger charge is -2.44. The lowest BCUT2D eigenvalue weighted by atomic mass is 9.33.